The lowest BCUT2D eigenvalue weighted by molar-refractivity contribution is -0.138. The Morgan fingerprint density at radius 3 is 2.71 bits per heavy atom. The SMILES string of the molecule is N=Cc1cc(/C=C2\SC(=O)N(C3CCNC3)C2=O)ccc1NCc1ccc(Cl)cc1C(F)(F)F. The molecule has 0 saturated carbocycles. The number of halogens is 4. The number of carbonyl (C=O) groups is 2. The molecule has 2 aromatic rings. The number of alkyl halides is 3. The number of thioether (sulfide) groups is 1. The lowest BCUT2D eigenvalue weighted by Crippen LogP contribution is -2.39. The Morgan fingerprint density at radius 2 is 2.03 bits per heavy atom. The Bertz CT molecular complexity index is 1180. The molecule has 2 heterocycles. The molecule has 34 heavy (non-hydrogen) atoms. The first-order chi connectivity index (χ1) is 16.2. The van der Waals surface area contributed by atoms with Crippen molar-refractivity contribution in [2.24, 2.45) is 0 Å². The molecule has 2 fully saturated rings. The van der Waals surface area contributed by atoms with Gasteiger partial charge in [-0.15, -0.1) is 0 Å². The molecule has 2 amide bonds. The summed E-state index contributed by atoms with van der Waals surface area (Å²) in [4.78, 5) is 26.7. The van der Waals surface area contributed by atoms with E-state index in [2.05, 4.69) is 10.6 Å². The molecule has 1 atom stereocenters. The number of carbonyl (C=O) groups excluding carboxylic acids is 2. The second kappa shape index (κ2) is 9.81. The third kappa shape index (κ3) is 5.13. The zero-order valence-electron chi connectivity index (χ0n) is 17.7. The van der Waals surface area contributed by atoms with Gasteiger partial charge in [-0.05, 0) is 66.2 Å². The van der Waals surface area contributed by atoms with Gasteiger partial charge in [0.1, 0.15) is 0 Å². The molecular formula is C23H20ClF3N4O2S. The highest BCUT2D eigenvalue weighted by atomic mass is 35.5. The first-order valence-electron chi connectivity index (χ1n) is 10.4. The standard InChI is InChI=1S/C23H20ClF3N4O2S/c24-16-3-2-14(18(9-16)23(25,26)27)11-30-19-4-1-13(7-15(19)10-28)8-20-21(32)31(22(33)34-20)17-5-6-29-12-17/h1-4,7-10,17,28-30H,5-6,11-12H2/b20-8-,28-10?. The maximum atomic E-state index is 13.3. The van der Waals surface area contributed by atoms with Crippen LogP contribution >= 0.6 is 23.4 Å². The lowest BCUT2D eigenvalue weighted by Gasteiger charge is -2.19. The van der Waals surface area contributed by atoms with E-state index in [1.807, 2.05) is 0 Å². The summed E-state index contributed by atoms with van der Waals surface area (Å²) in [6.45, 7) is 1.21. The maximum absolute atomic E-state index is 13.3. The van der Waals surface area contributed by atoms with Gasteiger partial charge < -0.3 is 16.0 Å². The molecular weight excluding hydrogens is 489 g/mol. The second-order valence-corrected chi connectivity index (χ2v) is 9.27. The van der Waals surface area contributed by atoms with Gasteiger partial charge in [0, 0.05) is 35.6 Å². The fourth-order valence-corrected chi connectivity index (χ4v) is 4.99. The smallest absolute Gasteiger partial charge is 0.380 e. The van der Waals surface area contributed by atoms with Gasteiger partial charge >= 0.3 is 6.18 Å². The van der Waals surface area contributed by atoms with Crippen molar-refractivity contribution in [1.29, 1.82) is 5.41 Å². The fraction of sp³-hybridized carbons (Fsp3) is 0.261. The highest BCUT2D eigenvalue weighted by Gasteiger charge is 2.40. The lowest BCUT2D eigenvalue weighted by atomic mass is 10.1. The topological polar surface area (TPSA) is 85.3 Å². The molecule has 3 N–H and O–H groups in total. The zero-order valence-corrected chi connectivity index (χ0v) is 19.3. The first kappa shape index (κ1) is 24.3. The summed E-state index contributed by atoms with van der Waals surface area (Å²) in [6.07, 6.45) is -1.17. The second-order valence-electron chi connectivity index (χ2n) is 7.84. The number of anilines is 1. The molecule has 0 aromatic heterocycles. The molecule has 1 unspecified atom stereocenters. The average Bonchev–Trinajstić information content (AvgIpc) is 3.40. The van der Waals surface area contributed by atoms with Crippen LogP contribution in [0.3, 0.4) is 0 Å². The Hall–Kier alpha value is -2.82. The molecule has 0 bridgehead atoms. The van der Waals surface area contributed by atoms with Crippen molar-refractivity contribution in [3.8, 4) is 0 Å². The number of nitrogens with zero attached hydrogens (tertiary/aromatic N) is 1. The van der Waals surface area contributed by atoms with Crippen molar-refractivity contribution < 1.29 is 22.8 Å². The maximum Gasteiger partial charge on any atom is 0.416 e. The average molecular weight is 509 g/mol. The molecule has 2 saturated heterocycles. The summed E-state index contributed by atoms with van der Waals surface area (Å²) < 4.78 is 40.0. The predicted molar refractivity (Wildman–Crippen MR) is 127 cm³/mol. The molecule has 0 aliphatic carbocycles. The van der Waals surface area contributed by atoms with Crippen LogP contribution in [0.5, 0.6) is 0 Å². The summed E-state index contributed by atoms with van der Waals surface area (Å²) in [5.74, 6) is -0.343. The van der Waals surface area contributed by atoms with Crippen LogP contribution < -0.4 is 10.6 Å². The van der Waals surface area contributed by atoms with E-state index in [1.54, 1.807) is 24.3 Å². The van der Waals surface area contributed by atoms with E-state index >= 15 is 0 Å². The Kier molecular flexibility index (Phi) is 7.01. The van der Waals surface area contributed by atoms with Gasteiger partial charge in [-0.25, -0.2) is 0 Å². The van der Waals surface area contributed by atoms with Crippen LogP contribution in [0.25, 0.3) is 6.08 Å². The quantitative estimate of drug-likeness (QED) is 0.361. The van der Waals surface area contributed by atoms with E-state index < -0.39 is 11.7 Å². The van der Waals surface area contributed by atoms with E-state index in [4.69, 9.17) is 17.0 Å². The molecule has 2 aliphatic rings. The van der Waals surface area contributed by atoms with E-state index in [1.165, 1.54) is 17.0 Å². The van der Waals surface area contributed by atoms with Gasteiger partial charge in [-0.3, -0.25) is 14.5 Å². The van der Waals surface area contributed by atoms with Gasteiger partial charge in [0.15, 0.2) is 0 Å². The highest BCUT2D eigenvalue weighted by Crippen LogP contribution is 2.36. The molecule has 2 aliphatic heterocycles. The highest BCUT2D eigenvalue weighted by molar-refractivity contribution is 8.18. The summed E-state index contributed by atoms with van der Waals surface area (Å²) >= 11 is 6.61. The van der Waals surface area contributed by atoms with Crippen LogP contribution in [0, 0.1) is 5.41 Å². The van der Waals surface area contributed by atoms with Crippen LogP contribution in [0.2, 0.25) is 5.02 Å². The zero-order chi connectivity index (χ0) is 24.5. The normalized spacial score (nSPS) is 19.8. The number of imide groups is 1. The van der Waals surface area contributed by atoms with E-state index in [9.17, 15) is 22.8 Å². The predicted octanol–water partition coefficient (Wildman–Crippen LogP) is 5.37. The first-order valence-corrected chi connectivity index (χ1v) is 11.6. The monoisotopic (exact) mass is 508 g/mol. The molecule has 11 heteroatoms. The molecule has 2 aromatic carbocycles. The summed E-state index contributed by atoms with van der Waals surface area (Å²) in [5, 5.41) is 13.5. The van der Waals surface area contributed by atoms with Crippen LogP contribution in [-0.4, -0.2) is 41.4 Å². The van der Waals surface area contributed by atoms with Crippen LogP contribution in [-0.2, 0) is 17.5 Å². The summed E-state index contributed by atoms with van der Waals surface area (Å²) in [5.41, 5.74) is 0.679. The number of amides is 2. The summed E-state index contributed by atoms with van der Waals surface area (Å²) in [6, 6.07) is 8.36. The van der Waals surface area contributed by atoms with Gasteiger partial charge in [0.05, 0.1) is 16.5 Å². The Balaban J connectivity index is 1.52. The largest absolute Gasteiger partial charge is 0.416 e. The van der Waals surface area contributed by atoms with Crippen molar-refractivity contribution in [3.05, 3.63) is 68.6 Å². The minimum atomic E-state index is -4.55. The minimum absolute atomic E-state index is 0.00535. The van der Waals surface area contributed by atoms with E-state index in [0.29, 0.717) is 34.7 Å². The molecule has 0 radical (unpaired) electrons. The van der Waals surface area contributed by atoms with Crippen molar-refractivity contribution in [2.75, 3.05) is 18.4 Å². The number of nitrogens with one attached hydrogen (secondary N) is 3. The number of benzene rings is 2. The molecule has 6 nitrogen and oxygen atoms in total. The van der Waals surface area contributed by atoms with Gasteiger partial charge in [0.2, 0.25) is 0 Å². The number of hydrogen-bond donors (Lipinski definition) is 3. The fourth-order valence-electron chi connectivity index (χ4n) is 3.91. The Morgan fingerprint density at radius 1 is 1.24 bits per heavy atom. The van der Waals surface area contributed by atoms with Gasteiger partial charge in [0.25, 0.3) is 11.1 Å². The third-order valence-electron chi connectivity index (χ3n) is 5.60. The molecule has 0 spiro atoms. The number of rotatable bonds is 6. The summed E-state index contributed by atoms with van der Waals surface area (Å²) in [7, 11) is 0. The van der Waals surface area contributed by atoms with Crippen molar-refractivity contribution in [3.63, 3.8) is 0 Å². The van der Waals surface area contributed by atoms with Gasteiger partial charge in [-0.1, -0.05) is 23.7 Å². The molecule has 4 rings (SSSR count). The van der Waals surface area contributed by atoms with Crippen molar-refractivity contribution in [1.82, 2.24) is 10.2 Å². The van der Waals surface area contributed by atoms with Gasteiger partial charge in [-0.2, -0.15) is 13.2 Å². The van der Waals surface area contributed by atoms with E-state index in [0.717, 1.165) is 30.6 Å². The van der Waals surface area contributed by atoms with Crippen LogP contribution in [0.4, 0.5) is 23.7 Å². The van der Waals surface area contributed by atoms with Crippen molar-refractivity contribution in [2.45, 2.75) is 25.2 Å². The van der Waals surface area contributed by atoms with Crippen LogP contribution in [0.15, 0.2) is 41.3 Å². The van der Waals surface area contributed by atoms with E-state index in [-0.39, 0.29) is 34.3 Å². The number of hydrogen-bond acceptors (Lipinski definition) is 6. The van der Waals surface area contributed by atoms with Crippen molar-refractivity contribution >= 4 is 52.5 Å². The molecule has 178 valence electrons. The Labute approximate surface area is 203 Å². The third-order valence-corrected chi connectivity index (χ3v) is 6.72. The van der Waals surface area contributed by atoms with Crippen LogP contribution in [0.1, 0.15) is 28.7 Å². The minimum Gasteiger partial charge on any atom is -0.380 e.